The number of fused-ring (bicyclic) bond motifs is 1. The van der Waals surface area contributed by atoms with Gasteiger partial charge in [0.2, 0.25) is 0 Å². The van der Waals surface area contributed by atoms with E-state index in [1.807, 2.05) is 31.0 Å². The molecule has 2 aromatic rings. The number of nitrogens with one attached hydrogen (secondary N) is 1. The van der Waals surface area contributed by atoms with Crippen LogP contribution in [-0.4, -0.2) is 61.7 Å². The summed E-state index contributed by atoms with van der Waals surface area (Å²) in [4.78, 5) is 21.8. The number of ether oxygens (including phenoxy) is 1. The van der Waals surface area contributed by atoms with Gasteiger partial charge in [-0.1, -0.05) is 24.6 Å². The molecule has 32 heavy (non-hydrogen) atoms. The molecule has 1 saturated carbocycles. The molecule has 0 unspecified atom stereocenters. The number of hydrogen-bond acceptors (Lipinski definition) is 5. The first-order valence-corrected chi connectivity index (χ1v) is 11.9. The lowest BCUT2D eigenvalue weighted by Crippen LogP contribution is -2.41. The van der Waals surface area contributed by atoms with E-state index in [4.69, 9.17) is 4.74 Å². The van der Waals surface area contributed by atoms with Crippen molar-refractivity contribution in [2.24, 2.45) is 0 Å². The largest absolute Gasteiger partial charge is 0.380 e. The van der Waals surface area contributed by atoms with Crippen LogP contribution in [0.3, 0.4) is 0 Å². The molecule has 2 aliphatic rings. The summed E-state index contributed by atoms with van der Waals surface area (Å²) in [6.45, 7) is 5.63. The average molecular weight is 437 g/mol. The predicted molar refractivity (Wildman–Crippen MR) is 128 cm³/mol. The number of rotatable bonds is 8. The number of pyridine rings is 1. The van der Waals surface area contributed by atoms with Crippen LogP contribution in [-0.2, 0) is 24.1 Å². The number of aromatic nitrogens is 1. The van der Waals surface area contributed by atoms with Crippen LogP contribution in [0.1, 0.15) is 53.2 Å². The Hall–Kier alpha value is -2.44. The van der Waals surface area contributed by atoms with Gasteiger partial charge in [0.05, 0.1) is 11.7 Å². The van der Waals surface area contributed by atoms with E-state index in [9.17, 15) is 4.79 Å². The fourth-order valence-electron chi connectivity index (χ4n) is 4.61. The van der Waals surface area contributed by atoms with Gasteiger partial charge in [-0.15, -0.1) is 0 Å². The molecule has 1 N–H and O–H groups in total. The molecule has 0 radical (unpaired) electrons. The molecule has 6 heteroatoms. The van der Waals surface area contributed by atoms with Crippen molar-refractivity contribution in [3.8, 4) is 0 Å². The van der Waals surface area contributed by atoms with Crippen LogP contribution in [0.4, 0.5) is 5.82 Å². The van der Waals surface area contributed by atoms with Crippen LogP contribution in [0.15, 0.2) is 36.5 Å². The van der Waals surface area contributed by atoms with Gasteiger partial charge in [0.15, 0.2) is 0 Å². The molecule has 1 aliphatic carbocycles. The molecule has 1 aromatic carbocycles. The minimum Gasteiger partial charge on any atom is -0.380 e. The van der Waals surface area contributed by atoms with Crippen molar-refractivity contribution in [3.63, 3.8) is 0 Å². The quantitative estimate of drug-likeness (QED) is 0.687. The van der Waals surface area contributed by atoms with Gasteiger partial charge in [-0.2, -0.15) is 0 Å². The summed E-state index contributed by atoms with van der Waals surface area (Å²) in [6, 6.07) is 11.2. The molecule has 4 rings (SSSR count). The second-order valence-corrected chi connectivity index (χ2v) is 9.24. The van der Waals surface area contributed by atoms with Crippen LogP contribution < -0.4 is 10.2 Å². The summed E-state index contributed by atoms with van der Waals surface area (Å²) in [7, 11) is 3.68. The molecule has 1 fully saturated rings. The zero-order valence-electron chi connectivity index (χ0n) is 19.6. The maximum Gasteiger partial charge on any atom is 0.253 e. The highest BCUT2D eigenvalue weighted by molar-refractivity contribution is 5.94. The highest BCUT2D eigenvalue weighted by Crippen LogP contribution is 2.27. The third-order valence-corrected chi connectivity index (χ3v) is 6.99. The Morgan fingerprint density at radius 2 is 2.00 bits per heavy atom. The van der Waals surface area contributed by atoms with Crippen molar-refractivity contribution < 1.29 is 9.53 Å². The Balaban J connectivity index is 1.31. The fraction of sp³-hybridized carbons (Fsp3) is 0.538. The van der Waals surface area contributed by atoms with Crippen LogP contribution >= 0.6 is 0 Å². The predicted octanol–water partition coefficient (Wildman–Crippen LogP) is 3.44. The van der Waals surface area contributed by atoms with Gasteiger partial charge >= 0.3 is 0 Å². The lowest BCUT2D eigenvalue weighted by atomic mass is 9.91. The van der Waals surface area contributed by atoms with Crippen LogP contribution in [0.5, 0.6) is 0 Å². The number of carbonyl (C=O) groups is 1. The molecular formula is C26H36N4O2. The molecule has 1 aromatic heterocycles. The Morgan fingerprint density at radius 3 is 2.66 bits per heavy atom. The van der Waals surface area contributed by atoms with E-state index in [0.29, 0.717) is 12.1 Å². The summed E-state index contributed by atoms with van der Waals surface area (Å²) in [5.41, 5.74) is 4.64. The van der Waals surface area contributed by atoms with Crippen LogP contribution in [0.25, 0.3) is 0 Å². The zero-order valence-corrected chi connectivity index (χ0v) is 19.6. The maximum atomic E-state index is 12.6. The molecule has 0 bridgehead atoms. The zero-order chi connectivity index (χ0) is 22.5. The Kier molecular flexibility index (Phi) is 7.43. The maximum absolute atomic E-state index is 12.6. The summed E-state index contributed by atoms with van der Waals surface area (Å²) in [6.07, 6.45) is 8.12. The Morgan fingerprint density at radius 1 is 1.22 bits per heavy atom. The third kappa shape index (κ3) is 5.48. The van der Waals surface area contributed by atoms with Crippen LogP contribution in [0.2, 0.25) is 0 Å². The second-order valence-electron chi connectivity index (χ2n) is 9.24. The Labute approximate surface area is 192 Å². The smallest absolute Gasteiger partial charge is 0.253 e. The number of anilines is 1. The van der Waals surface area contributed by atoms with Gasteiger partial charge in [0.25, 0.3) is 5.91 Å². The van der Waals surface area contributed by atoms with E-state index in [-0.39, 0.29) is 12.0 Å². The lowest BCUT2D eigenvalue weighted by Gasteiger charge is -2.36. The summed E-state index contributed by atoms with van der Waals surface area (Å²) in [5.74, 6) is 0.732. The van der Waals surface area contributed by atoms with E-state index in [0.717, 1.165) is 43.4 Å². The first kappa shape index (κ1) is 22.7. The summed E-state index contributed by atoms with van der Waals surface area (Å²) >= 11 is 0. The molecular weight excluding hydrogens is 400 g/mol. The molecule has 1 atom stereocenters. The normalized spacial score (nSPS) is 17.7. The van der Waals surface area contributed by atoms with Gasteiger partial charge in [-0.3, -0.25) is 9.69 Å². The minimum atomic E-state index is -0.0944. The minimum absolute atomic E-state index is 0.0944. The van der Waals surface area contributed by atoms with Crippen molar-refractivity contribution in [2.75, 3.05) is 38.7 Å². The van der Waals surface area contributed by atoms with Gasteiger partial charge in [-0.05, 0) is 61.4 Å². The number of carbonyl (C=O) groups excluding carboxylic acids is 1. The monoisotopic (exact) mass is 436 g/mol. The summed E-state index contributed by atoms with van der Waals surface area (Å²) < 4.78 is 5.31. The molecule has 172 valence electrons. The lowest BCUT2D eigenvalue weighted by molar-refractivity contribution is 0.0950. The number of amides is 1. The number of likely N-dealkylation sites (N-methyl/N-ethyl adjacent to an activating group) is 1. The SMILES string of the molecule is CO[C@H](C)CN(C)c1ccc(C(=O)NCc2ccc3c(c2)CCN(C2CCC2)CC3)cn1. The van der Waals surface area contributed by atoms with Crippen molar-refractivity contribution in [2.45, 2.75) is 57.7 Å². The van der Waals surface area contributed by atoms with E-state index >= 15 is 0 Å². The molecule has 2 heterocycles. The first-order valence-electron chi connectivity index (χ1n) is 11.9. The van der Waals surface area contributed by atoms with Gasteiger partial charge in [-0.25, -0.2) is 4.98 Å². The second kappa shape index (κ2) is 10.5. The van der Waals surface area contributed by atoms with E-state index in [1.54, 1.807) is 13.3 Å². The molecule has 0 saturated heterocycles. The highest BCUT2D eigenvalue weighted by Gasteiger charge is 2.26. The van der Waals surface area contributed by atoms with Crippen molar-refractivity contribution >= 4 is 11.7 Å². The van der Waals surface area contributed by atoms with Gasteiger partial charge in [0.1, 0.15) is 5.82 Å². The molecule has 6 nitrogen and oxygen atoms in total. The molecule has 0 spiro atoms. The van der Waals surface area contributed by atoms with Crippen molar-refractivity contribution in [1.82, 2.24) is 15.2 Å². The van der Waals surface area contributed by atoms with E-state index in [2.05, 4.69) is 33.4 Å². The van der Waals surface area contributed by atoms with Crippen molar-refractivity contribution in [1.29, 1.82) is 0 Å². The van der Waals surface area contributed by atoms with E-state index < -0.39 is 0 Å². The average Bonchev–Trinajstić information content (AvgIpc) is 2.98. The van der Waals surface area contributed by atoms with E-state index in [1.165, 1.54) is 36.9 Å². The third-order valence-electron chi connectivity index (χ3n) is 6.99. The highest BCUT2D eigenvalue weighted by atomic mass is 16.5. The molecule has 1 amide bonds. The standard InChI is InChI=1S/C26H36N4O2/c1-19(32-3)18-29(2)25-10-9-23(17-27-25)26(31)28-16-20-7-8-21-11-13-30(24-5-4-6-24)14-12-22(21)15-20/h7-10,15,17,19,24H,4-6,11-14,16,18H2,1-3H3,(H,28,31)/t19-/m1/s1. The van der Waals surface area contributed by atoms with Gasteiger partial charge < -0.3 is 15.0 Å². The summed E-state index contributed by atoms with van der Waals surface area (Å²) in [5, 5.41) is 3.05. The number of methoxy groups -OCH3 is 1. The van der Waals surface area contributed by atoms with Gasteiger partial charge in [0, 0.05) is 52.6 Å². The van der Waals surface area contributed by atoms with Crippen LogP contribution in [0, 0.1) is 0 Å². The number of benzene rings is 1. The fourth-order valence-corrected chi connectivity index (χ4v) is 4.61. The van der Waals surface area contributed by atoms with Crippen molar-refractivity contribution in [3.05, 3.63) is 58.8 Å². The number of nitrogens with zero attached hydrogens (tertiary/aromatic N) is 3. The topological polar surface area (TPSA) is 57.7 Å². The first-order chi connectivity index (χ1) is 15.5. The molecule has 1 aliphatic heterocycles. The Bertz CT molecular complexity index is 911. The number of hydrogen-bond donors (Lipinski definition) is 1.